The predicted molar refractivity (Wildman–Crippen MR) is 128 cm³/mol. The first kappa shape index (κ1) is 22.7. The van der Waals surface area contributed by atoms with Crippen LogP contribution in [0.2, 0.25) is 0 Å². The average molecular weight is 449 g/mol. The number of nitrogens with one attached hydrogen (secondary N) is 3. The standard InChI is InChI=1S/C26H29FN4O2/c1-26(2,25(32)33)19-13-17(14-20(27)15-19)10-12-28-23(18-7-4-3-5-8-18)22-16-30-21-9-6-11-29-24(21)31-22/h3-9,11,13-15,22-23,28,30H,10,12,16H2,1-2H3,(H,29,31)(H,32,33)/t22-,23-/m1/s1. The Balaban J connectivity index is 1.50. The molecule has 0 amide bonds. The maximum Gasteiger partial charge on any atom is 0.313 e. The molecule has 4 rings (SSSR count). The number of carboxylic acids is 1. The first-order chi connectivity index (χ1) is 15.8. The van der Waals surface area contributed by atoms with Crippen LogP contribution < -0.4 is 16.0 Å². The zero-order valence-corrected chi connectivity index (χ0v) is 18.8. The lowest BCUT2D eigenvalue weighted by atomic mass is 9.83. The van der Waals surface area contributed by atoms with Crippen molar-refractivity contribution in [3.05, 3.63) is 89.4 Å². The highest BCUT2D eigenvalue weighted by Crippen LogP contribution is 2.29. The van der Waals surface area contributed by atoms with Gasteiger partial charge in [-0.3, -0.25) is 4.79 Å². The summed E-state index contributed by atoms with van der Waals surface area (Å²) in [6.45, 7) is 4.50. The molecule has 0 radical (unpaired) electrons. The Labute approximate surface area is 193 Å². The van der Waals surface area contributed by atoms with Gasteiger partial charge in [0.25, 0.3) is 0 Å². The Kier molecular flexibility index (Phi) is 6.60. The summed E-state index contributed by atoms with van der Waals surface area (Å²) in [4.78, 5) is 16.1. The van der Waals surface area contributed by atoms with Crippen LogP contribution in [0.5, 0.6) is 0 Å². The zero-order chi connectivity index (χ0) is 23.4. The van der Waals surface area contributed by atoms with Crippen molar-refractivity contribution in [1.29, 1.82) is 0 Å². The highest BCUT2D eigenvalue weighted by atomic mass is 19.1. The van der Waals surface area contributed by atoms with Crippen LogP contribution in [0, 0.1) is 5.82 Å². The van der Waals surface area contributed by atoms with Gasteiger partial charge in [0, 0.05) is 12.7 Å². The predicted octanol–water partition coefficient (Wildman–Crippen LogP) is 4.36. The number of halogens is 1. The Morgan fingerprint density at radius 1 is 1.21 bits per heavy atom. The van der Waals surface area contributed by atoms with E-state index in [0.717, 1.165) is 29.2 Å². The van der Waals surface area contributed by atoms with Crippen LogP contribution in [0.25, 0.3) is 0 Å². The normalized spacial score (nSPS) is 16.3. The number of hydrogen-bond donors (Lipinski definition) is 4. The van der Waals surface area contributed by atoms with Crippen LogP contribution >= 0.6 is 0 Å². The summed E-state index contributed by atoms with van der Waals surface area (Å²) < 4.78 is 14.3. The second-order valence-corrected chi connectivity index (χ2v) is 8.90. The second kappa shape index (κ2) is 9.58. The lowest BCUT2D eigenvalue weighted by molar-refractivity contribution is -0.142. The van der Waals surface area contributed by atoms with Gasteiger partial charge < -0.3 is 21.1 Å². The van der Waals surface area contributed by atoms with E-state index < -0.39 is 17.2 Å². The Bertz CT molecular complexity index is 1120. The summed E-state index contributed by atoms with van der Waals surface area (Å²) in [5.74, 6) is -0.578. The van der Waals surface area contributed by atoms with Crippen LogP contribution in [-0.2, 0) is 16.6 Å². The second-order valence-electron chi connectivity index (χ2n) is 8.90. The molecule has 6 nitrogen and oxygen atoms in total. The van der Waals surface area contributed by atoms with Gasteiger partial charge >= 0.3 is 5.97 Å². The van der Waals surface area contributed by atoms with Gasteiger partial charge in [0.15, 0.2) is 0 Å². The Morgan fingerprint density at radius 2 is 2.00 bits per heavy atom. The molecule has 2 heterocycles. The summed E-state index contributed by atoms with van der Waals surface area (Å²) in [5, 5.41) is 20.1. The molecule has 0 spiro atoms. The van der Waals surface area contributed by atoms with Gasteiger partial charge in [0.2, 0.25) is 0 Å². The average Bonchev–Trinajstić information content (AvgIpc) is 2.81. The molecule has 0 saturated heterocycles. The maximum atomic E-state index is 14.3. The number of aliphatic carboxylic acids is 1. The molecule has 7 heteroatoms. The molecule has 0 bridgehead atoms. The molecule has 3 aromatic rings. The lowest BCUT2D eigenvalue weighted by Crippen LogP contribution is -2.44. The molecule has 4 N–H and O–H groups in total. The van der Waals surface area contributed by atoms with Crippen molar-refractivity contribution in [2.75, 3.05) is 23.7 Å². The number of carboxylic acid groups (broad SMARTS) is 1. The van der Waals surface area contributed by atoms with Crippen molar-refractivity contribution in [1.82, 2.24) is 10.3 Å². The van der Waals surface area contributed by atoms with E-state index >= 15 is 0 Å². The van der Waals surface area contributed by atoms with Crippen molar-refractivity contribution >= 4 is 17.5 Å². The van der Waals surface area contributed by atoms with Crippen molar-refractivity contribution in [3.63, 3.8) is 0 Å². The molecule has 172 valence electrons. The van der Waals surface area contributed by atoms with Crippen LogP contribution in [0.1, 0.15) is 36.6 Å². The van der Waals surface area contributed by atoms with Gasteiger partial charge in [-0.25, -0.2) is 9.37 Å². The van der Waals surface area contributed by atoms with Crippen molar-refractivity contribution < 1.29 is 14.3 Å². The number of anilines is 2. The minimum atomic E-state index is -1.16. The van der Waals surface area contributed by atoms with Crippen LogP contribution in [0.4, 0.5) is 15.9 Å². The van der Waals surface area contributed by atoms with E-state index in [2.05, 4.69) is 33.1 Å². The third kappa shape index (κ3) is 5.14. The zero-order valence-electron chi connectivity index (χ0n) is 18.8. The van der Waals surface area contributed by atoms with E-state index in [1.807, 2.05) is 30.3 Å². The molecule has 33 heavy (non-hydrogen) atoms. The molecule has 0 fully saturated rings. The molecule has 1 aliphatic rings. The SMILES string of the molecule is CC(C)(C(=O)O)c1cc(F)cc(CCN[C@H](c2ccccc2)[C@H]2CNc3cccnc3N2)c1. The minimum absolute atomic E-state index is 0.00246. The van der Waals surface area contributed by atoms with Crippen LogP contribution in [-0.4, -0.2) is 35.2 Å². The monoisotopic (exact) mass is 448 g/mol. The van der Waals surface area contributed by atoms with Crippen LogP contribution in [0.15, 0.2) is 66.9 Å². The largest absolute Gasteiger partial charge is 0.481 e. The summed E-state index contributed by atoms with van der Waals surface area (Å²) >= 11 is 0. The van der Waals surface area contributed by atoms with Crippen molar-refractivity contribution in [3.8, 4) is 0 Å². The summed E-state index contributed by atoms with van der Waals surface area (Å²) in [6.07, 6.45) is 2.33. The van der Waals surface area contributed by atoms with Crippen molar-refractivity contribution in [2.45, 2.75) is 37.8 Å². The summed E-state index contributed by atoms with van der Waals surface area (Å²) in [6, 6.07) is 18.7. The Morgan fingerprint density at radius 3 is 2.76 bits per heavy atom. The third-order valence-electron chi connectivity index (χ3n) is 6.20. The fraction of sp³-hybridized carbons (Fsp3) is 0.308. The highest BCUT2D eigenvalue weighted by Gasteiger charge is 2.30. The topological polar surface area (TPSA) is 86.3 Å². The number of hydrogen-bond acceptors (Lipinski definition) is 5. The van der Waals surface area contributed by atoms with E-state index in [-0.39, 0.29) is 12.1 Å². The molecular weight excluding hydrogens is 419 g/mol. The van der Waals surface area contributed by atoms with E-state index in [1.165, 1.54) is 12.1 Å². The van der Waals surface area contributed by atoms with E-state index in [1.54, 1.807) is 26.1 Å². The maximum absolute atomic E-state index is 14.3. The first-order valence-electron chi connectivity index (χ1n) is 11.1. The van der Waals surface area contributed by atoms with Gasteiger partial charge in [0.1, 0.15) is 11.6 Å². The fourth-order valence-electron chi connectivity index (χ4n) is 4.11. The molecule has 2 aromatic carbocycles. The Hall–Kier alpha value is -3.45. The molecule has 0 saturated carbocycles. The number of nitrogens with zero attached hydrogens (tertiary/aromatic N) is 1. The molecular formula is C26H29FN4O2. The number of aromatic nitrogens is 1. The van der Waals surface area contributed by atoms with Gasteiger partial charge in [-0.1, -0.05) is 36.4 Å². The minimum Gasteiger partial charge on any atom is -0.481 e. The number of pyridine rings is 1. The van der Waals surface area contributed by atoms with Crippen LogP contribution in [0.3, 0.4) is 0 Å². The molecule has 0 unspecified atom stereocenters. The van der Waals surface area contributed by atoms with E-state index in [0.29, 0.717) is 18.5 Å². The summed E-state index contributed by atoms with van der Waals surface area (Å²) in [7, 11) is 0. The molecule has 1 aliphatic heterocycles. The smallest absolute Gasteiger partial charge is 0.313 e. The van der Waals surface area contributed by atoms with E-state index in [9.17, 15) is 14.3 Å². The highest BCUT2D eigenvalue weighted by molar-refractivity contribution is 5.80. The van der Waals surface area contributed by atoms with Gasteiger partial charge in [-0.15, -0.1) is 0 Å². The molecule has 1 aromatic heterocycles. The number of benzene rings is 2. The fourth-order valence-corrected chi connectivity index (χ4v) is 4.11. The van der Waals surface area contributed by atoms with Crippen molar-refractivity contribution in [2.24, 2.45) is 0 Å². The number of fused-ring (bicyclic) bond motifs is 1. The lowest BCUT2D eigenvalue weighted by Gasteiger charge is -2.34. The van der Waals surface area contributed by atoms with Gasteiger partial charge in [0.05, 0.1) is 23.2 Å². The number of carbonyl (C=O) groups is 1. The first-order valence-corrected chi connectivity index (χ1v) is 11.1. The van der Waals surface area contributed by atoms with E-state index in [4.69, 9.17) is 0 Å². The molecule has 0 aliphatic carbocycles. The van der Waals surface area contributed by atoms with Gasteiger partial charge in [-0.2, -0.15) is 0 Å². The van der Waals surface area contributed by atoms with Gasteiger partial charge in [-0.05, 0) is 67.8 Å². The number of rotatable bonds is 8. The third-order valence-corrected chi connectivity index (χ3v) is 6.20. The quantitative estimate of drug-likeness (QED) is 0.410. The molecule has 2 atom stereocenters. The summed E-state index contributed by atoms with van der Waals surface area (Å²) in [5.41, 5.74) is 2.19.